The molecule has 1 heterocycles. The Hall–Kier alpha value is -1.27. The van der Waals surface area contributed by atoms with Gasteiger partial charge in [0.15, 0.2) is 0 Å². The molecule has 2 rings (SSSR count). The maximum Gasteiger partial charge on any atom is 0.223 e. The molecule has 1 aromatic rings. The normalized spacial score (nSPS) is 23.6. The summed E-state index contributed by atoms with van der Waals surface area (Å²) in [6, 6.07) is 2.08. The van der Waals surface area contributed by atoms with Gasteiger partial charge >= 0.3 is 0 Å². The summed E-state index contributed by atoms with van der Waals surface area (Å²) in [7, 11) is 1.73. The van der Waals surface area contributed by atoms with Crippen molar-refractivity contribution >= 4 is 23.2 Å². The van der Waals surface area contributed by atoms with Crippen LogP contribution in [0.3, 0.4) is 0 Å². The number of nitrogens with two attached hydrogens (primary N) is 1. The summed E-state index contributed by atoms with van der Waals surface area (Å²) >= 11 is 4.85. The summed E-state index contributed by atoms with van der Waals surface area (Å²) in [5.41, 5.74) is 6.09. The predicted octanol–water partition coefficient (Wildman–Crippen LogP) is 0.700. The van der Waals surface area contributed by atoms with Crippen molar-refractivity contribution in [3.05, 3.63) is 18.0 Å². The molecule has 6 heteroatoms. The molecular formula is C10H14N4OS. The Morgan fingerprint density at radius 1 is 1.62 bits per heavy atom. The molecule has 1 aliphatic rings. The second-order valence-electron chi connectivity index (χ2n) is 3.80. The number of anilines is 1. The Morgan fingerprint density at radius 2 is 2.38 bits per heavy atom. The highest BCUT2D eigenvalue weighted by Crippen LogP contribution is 2.24. The number of aromatic nitrogens is 2. The topological polar surface area (TPSA) is 73.1 Å². The number of nitrogens with zero attached hydrogens (tertiary/aromatic N) is 2. The van der Waals surface area contributed by atoms with Crippen LogP contribution in [-0.4, -0.2) is 34.2 Å². The molecule has 0 spiro atoms. The number of hydrogen-bond donors (Lipinski definition) is 2. The number of nitrogens with one attached hydrogen (secondary N) is 1. The summed E-state index contributed by atoms with van der Waals surface area (Å²) in [4.78, 5) is 8.62. The molecule has 0 amide bonds. The van der Waals surface area contributed by atoms with Crippen LogP contribution in [0, 0.1) is 0 Å². The molecule has 1 aliphatic carbocycles. The van der Waals surface area contributed by atoms with Crippen LogP contribution >= 0.6 is 12.2 Å². The fourth-order valence-electron chi connectivity index (χ4n) is 1.62. The molecular weight excluding hydrogens is 224 g/mol. The van der Waals surface area contributed by atoms with Crippen molar-refractivity contribution < 1.29 is 4.74 Å². The van der Waals surface area contributed by atoms with Gasteiger partial charge in [0.2, 0.25) is 5.95 Å². The van der Waals surface area contributed by atoms with Crippen LogP contribution in [0.5, 0.6) is 0 Å². The van der Waals surface area contributed by atoms with Gasteiger partial charge in [0.1, 0.15) is 10.7 Å². The first-order chi connectivity index (χ1) is 7.69. The van der Waals surface area contributed by atoms with Crippen molar-refractivity contribution in [2.75, 3.05) is 12.4 Å². The number of ether oxygens (including phenoxy) is 1. The lowest BCUT2D eigenvalue weighted by molar-refractivity contribution is 0.0327. The van der Waals surface area contributed by atoms with Crippen LogP contribution in [0.4, 0.5) is 5.95 Å². The minimum Gasteiger partial charge on any atom is -0.388 e. The van der Waals surface area contributed by atoms with E-state index in [1.165, 1.54) is 0 Å². The van der Waals surface area contributed by atoms with Crippen LogP contribution < -0.4 is 11.1 Å². The average Bonchev–Trinajstić information content (AvgIpc) is 2.23. The first-order valence-corrected chi connectivity index (χ1v) is 5.52. The minimum atomic E-state index is 0.286. The third kappa shape index (κ3) is 2.45. The number of thiocarbonyl (C=S) groups is 1. The lowest BCUT2D eigenvalue weighted by Gasteiger charge is -2.34. The predicted molar refractivity (Wildman–Crippen MR) is 65.4 cm³/mol. The van der Waals surface area contributed by atoms with E-state index < -0.39 is 0 Å². The van der Waals surface area contributed by atoms with Crippen LogP contribution in [0.1, 0.15) is 18.5 Å². The zero-order chi connectivity index (χ0) is 11.5. The third-order valence-electron chi connectivity index (χ3n) is 2.67. The maximum absolute atomic E-state index is 5.50. The second-order valence-corrected chi connectivity index (χ2v) is 4.24. The van der Waals surface area contributed by atoms with E-state index in [2.05, 4.69) is 15.3 Å². The Morgan fingerprint density at radius 3 is 3.00 bits per heavy atom. The van der Waals surface area contributed by atoms with Crippen LogP contribution in [-0.2, 0) is 4.74 Å². The Kier molecular flexibility index (Phi) is 3.31. The molecule has 16 heavy (non-hydrogen) atoms. The van der Waals surface area contributed by atoms with Crippen LogP contribution in [0.25, 0.3) is 0 Å². The van der Waals surface area contributed by atoms with E-state index in [0.29, 0.717) is 23.8 Å². The van der Waals surface area contributed by atoms with Gasteiger partial charge in [0, 0.05) is 19.3 Å². The van der Waals surface area contributed by atoms with Gasteiger partial charge in [-0.25, -0.2) is 9.97 Å². The smallest absolute Gasteiger partial charge is 0.223 e. The lowest BCUT2D eigenvalue weighted by Crippen LogP contribution is -2.40. The first kappa shape index (κ1) is 11.2. The SMILES string of the molecule is COC1CC(Nc2nccc(C(N)=S)n2)C1. The molecule has 86 valence electrons. The third-order valence-corrected chi connectivity index (χ3v) is 2.88. The van der Waals surface area contributed by atoms with Gasteiger partial charge in [-0.2, -0.15) is 0 Å². The van der Waals surface area contributed by atoms with Gasteiger partial charge in [-0.05, 0) is 18.9 Å². The molecule has 1 fully saturated rings. The molecule has 1 aromatic heterocycles. The molecule has 0 unspecified atom stereocenters. The Labute approximate surface area is 99.4 Å². The van der Waals surface area contributed by atoms with Gasteiger partial charge < -0.3 is 15.8 Å². The van der Waals surface area contributed by atoms with E-state index >= 15 is 0 Å². The average molecular weight is 238 g/mol. The molecule has 0 radical (unpaired) electrons. The van der Waals surface area contributed by atoms with E-state index in [0.717, 1.165) is 12.8 Å². The number of methoxy groups -OCH3 is 1. The summed E-state index contributed by atoms with van der Waals surface area (Å²) in [5, 5.41) is 3.22. The van der Waals surface area contributed by atoms with Gasteiger partial charge in [-0.15, -0.1) is 0 Å². The van der Waals surface area contributed by atoms with E-state index in [4.69, 9.17) is 22.7 Å². The first-order valence-electron chi connectivity index (χ1n) is 5.11. The largest absolute Gasteiger partial charge is 0.388 e. The molecule has 0 atom stereocenters. The molecule has 5 nitrogen and oxygen atoms in total. The molecule has 0 bridgehead atoms. The monoisotopic (exact) mass is 238 g/mol. The highest BCUT2D eigenvalue weighted by atomic mass is 32.1. The lowest BCUT2D eigenvalue weighted by atomic mass is 9.89. The standard InChI is InChI=1S/C10H14N4OS/c1-15-7-4-6(5-7)13-10-12-3-2-8(14-10)9(11)16/h2-3,6-7H,4-5H2,1H3,(H2,11,16)(H,12,13,14). The van der Waals surface area contributed by atoms with Crippen molar-refractivity contribution in [2.45, 2.75) is 25.0 Å². The van der Waals surface area contributed by atoms with Crippen molar-refractivity contribution in [1.82, 2.24) is 9.97 Å². The highest BCUT2D eigenvalue weighted by molar-refractivity contribution is 7.80. The van der Waals surface area contributed by atoms with Crippen LogP contribution in [0.2, 0.25) is 0 Å². The number of hydrogen-bond acceptors (Lipinski definition) is 5. The molecule has 0 aliphatic heterocycles. The highest BCUT2D eigenvalue weighted by Gasteiger charge is 2.29. The zero-order valence-electron chi connectivity index (χ0n) is 9.01. The molecule has 1 saturated carbocycles. The van der Waals surface area contributed by atoms with Gasteiger partial charge in [-0.1, -0.05) is 12.2 Å². The maximum atomic E-state index is 5.50. The Bertz CT molecular complexity index is 392. The van der Waals surface area contributed by atoms with Gasteiger partial charge in [-0.3, -0.25) is 0 Å². The van der Waals surface area contributed by atoms with E-state index in [1.54, 1.807) is 19.4 Å². The van der Waals surface area contributed by atoms with Crippen molar-refractivity contribution in [1.29, 1.82) is 0 Å². The molecule has 0 aromatic carbocycles. The minimum absolute atomic E-state index is 0.286. The van der Waals surface area contributed by atoms with E-state index in [1.807, 2.05) is 0 Å². The summed E-state index contributed by atoms with van der Waals surface area (Å²) in [6.07, 6.45) is 3.97. The quantitative estimate of drug-likeness (QED) is 0.752. The Balaban J connectivity index is 1.95. The fraction of sp³-hybridized carbons (Fsp3) is 0.500. The summed E-state index contributed by atoms with van der Waals surface area (Å²) in [6.45, 7) is 0. The van der Waals surface area contributed by atoms with Gasteiger partial charge in [0.05, 0.1) is 6.10 Å². The van der Waals surface area contributed by atoms with Crippen molar-refractivity contribution in [3.63, 3.8) is 0 Å². The molecule has 3 N–H and O–H groups in total. The fourth-order valence-corrected chi connectivity index (χ4v) is 1.74. The van der Waals surface area contributed by atoms with E-state index in [-0.39, 0.29) is 4.99 Å². The van der Waals surface area contributed by atoms with E-state index in [9.17, 15) is 0 Å². The summed E-state index contributed by atoms with van der Waals surface area (Å²) in [5.74, 6) is 0.574. The van der Waals surface area contributed by atoms with Crippen LogP contribution in [0.15, 0.2) is 12.3 Å². The number of rotatable bonds is 4. The summed E-state index contributed by atoms with van der Waals surface area (Å²) < 4.78 is 5.19. The van der Waals surface area contributed by atoms with Gasteiger partial charge in [0.25, 0.3) is 0 Å². The second kappa shape index (κ2) is 4.71. The van der Waals surface area contributed by atoms with Crippen molar-refractivity contribution in [2.24, 2.45) is 5.73 Å². The molecule has 0 saturated heterocycles. The zero-order valence-corrected chi connectivity index (χ0v) is 9.83. The van der Waals surface area contributed by atoms with Crippen molar-refractivity contribution in [3.8, 4) is 0 Å².